The lowest BCUT2D eigenvalue weighted by molar-refractivity contribution is 0.258. The Morgan fingerprint density at radius 1 is 1.31 bits per heavy atom. The normalized spacial score (nSPS) is 18.6. The second-order valence-corrected chi connectivity index (χ2v) is 5.37. The van der Waals surface area contributed by atoms with Gasteiger partial charge in [0, 0.05) is 12.3 Å². The zero-order chi connectivity index (χ0) is 11.2. The third-order valence-electron chi connectivity index (χ3n) is 2.76. The molecule has 1 N–H and O–H groups in total. The number of furan rings is 1. The summed E-state index contributed by atoms with van der Waals surface area (Å²) in [5, 5.41) is 3.10. The van der Waals surface area contributed by atoms with Gasteiger partial charge in [0.2, 0.25) is 0 Å². The lowest BCUT2D eigenvalue weighted by Crippen LogP contribution is -2.25. The van der Waals surface area contributed by atoms with Crippen LogP contribution in [-0.4, -0.2) is 36.5 Å². The van der Waals surface area contributed by atoms with E-state index >= 15 is 0 Å². The molecule has 1 aromatic heterocycles. The van der Waals surface area contributed by atoms with Gasteiger partial charge in [0.15, 0.2) is 0 Å². The van der Waals surface area contributed by atoms with E-state index in [1.807, 2.05) is 7.05 Å². The molecule has 0 atom stereocenters. The summed E-state index contributed by atoms with van der Waals surface area (Å²) < 4.78 is 5.76. The molecular formula is C12H20N2OS. The second-order valence-electron chi connectivity index (χ2n) is 4.14. The summed E-state index contributed by atoms with van der Waals surface area (Å²) in [6, 6.07) is 4.17. The van der Waals surface area contributed by atoms with Crippen molar-refractivity contribution in [3.05, 3.63) is 23.7 Å². The SMILES string of the molecule is CNCc1ccc(CN2CCCSCC2)o1. The largest absolute Gasteiger partial charge is 0.463 e. The van der Waals surface area contributed by atoms with Gasteiger partial charge in [-0.2, -0.15) is 11.8 Å². The molecule has 1 aliphatic heterocycles. The lowest BCUT2D eigenvalue weighted by Gasteiger charge is -2.17. The van der Waals surface area contributed by atoms with Crippen molar-refractivity contribution in [3.63, 3.8) is 0 Å². The Hall–Kier alpha value is -0.450. The molecule has 90 valence electrons. The summed E-state index contributed by atoms with van der Waals surface area (Å²) in [4.78, 5) is 2.49. The first kappa shape index (κ1) is 12.0. The maximum absolute atomic E-state index is 5.76. The van der Waals surface area contributed by atoms with E-state index in [0.29, 0.717) is 0 Å². The first-order valence-electron chi connectivity index (χ1n) is 5.91. The summed E-state index contributed by atoms with van der Waals surface area (Å²) >= 11 is 2.06. The summed E-state index contributed by atoms with van der Waals surface area (Å²) in [6.07, 6.45) is 1.30. The van der Waals surface area contributed by atoms with E-state index in [0.717, 1.165) is 24.6 Å². The van der Waals surface area contributed by atoms with Gasteiger partial charge in [0.1, 0.15) is 11.5 Å². The van der Waals surface area contributed by atoms with E-state index in [-0.39, 0.29) is 0 Å². The van der Waals surface area contributed by atoms with Crippen molar-refractivity contribution >= 4 is 11.8 Å². The van der Waals surface area contributed by atoms with Crippen molar-refractivity contribution in [1.29, 1.82) is 0 Å². The molecule has 2 rings (SSSR count). The molecule has 4 heteroatoms. The van der Waals surface area contributed by atoms with Gasteiger partial charge in [-0.05, 0) is 37.9 Å². The average Bonchev–Trinajstić information content (AvgIpc) is 2.56. The van der Waals surface area contributed by atoms with Crippen molar-refractivity contribution in [2.75, 3.05) is 31.6 Å². The molecule has 0 aliphatic carbocycles. The lowest BCUT2D eigenvalue weighted by atomic mass is 10.3. The average molecular weight is 240 g/mol. The van der Waals surface area contributed by atoms with E-state index in [1.165, 1.54) is 31.0 Å². The predicted octanol–water partition coefficient (Wildman–Crippen LogP) is 1.94. The van der Waals surface area contributed by atoms with Crippen LogP contribution in [-0.2, 0) is 13.1 Å². The predicted molar refractivity (Wildman–Crippen MR) is 68.7 cm³/mol. The van der Waals surface area contributed by atoms with Crippen LogP contribution >= 0.6 is 11.8 Å². The van der Waals surface area contributed by atoms with E-state index in [4.69, 9.17) is 4.42 Å². The third kappa shape index (κ3) is 3.54. The highest BCUT2D eigenvalue weighted by molar-refractivity contribution is 7.99. The van der Waals surface area contributed by atoms with Crippen LogP contribution in [0.5, 0.6) is 0 Å². The van der Waals surface area contributed by atoms with Gasteiger partial charge >= 0.3 is 0 Å². The van der Waals surface area contributed by atoms with Crippen molar-refractivity contribution in [3.8, 4) is 0 Å². The Kier molecular flexibility index (Phi) is 4.75. The van der Waals surface area contributed by atoms with E-state index in [1.54, 1.807) is 0 Å². The molecule has 1 fully saturated rings. The van der Waals surface area contributed by atoms with Gasteiger partial charge in [0.25, 0.3) is 0 Å². The van der Waals surface area contributed by atoms with Crippen LogP contribution in [0.15, 0.2) is 16.5 Å². The van der Waals surface area contributed by atoms with E-state index in [2.05, 4.69) is 34.1 Å². The molecule has 0 spiro atoms. The number of thioether (sulfide) groups is 1. The highest BCUT2D eigenvalue weighted by atomic mass is 32.2. The van der Waals surface area contributed by atoms with Crippen LogP contribution in [0.2, 0.25) is 0 Å². The Labute approximate surface area is 102 Å². The standard InChI is InChI=1S/C12H20N2OS/c1-13-9-11-3-4-12(15-11)10-14-5-2-7-16-8-6-14/h3-4,13H,2,5-10H2,1H3. The van der Waals surface area contributed by atoms with Gasteiger partial charge < -0.3 is 9.73 Å². The molecule has 1 aromatic rings. The van der Waals surface area contributed by atoms with Crippen LogP contribution in [0.3, 0.4) is 0 Å². The number of nitrogens with zero attached hydrogens (tertiary/aromatic N) is 1. The third-order valence-corrected chi connectivity index (χ3v) is 3.81. The van der Waals surface area contributed by atoms with Crippen molar-refractivity contribution < 1.29 is 4.42 Å². The molecule has 0 radical (unpaired) electrons. The molecule has 0 amide bonds. The van der Waals surface area contributed by atoms with Gasteiger partial charge in [-0.1, -0.05) is 0 Å². The van der Waals surface area contributed by atoms with Gasteiger partial charge in [-0.3, -0.25) is 4.90 Å². The van der Waals surface area contributed by atoms with Crippen LogP contribution in [0.1, 0.15) is 17.9 Å². The fourth-order valence-corrected chi connectivity index (χ4v) is 2.88. The van der Waals surface area contributed by atoms with Gasteiger partial charge in [0.05, 0.1) is 13.1 Å². The second kappa shape index (κ2) is 6.33. The van der Waals surface area contributed by atoms with Crippen LogP contribution in [0.4, 0.5) is 0 Å². The van der Waals surface area contributed by atoms with Gasteiger partial charge in [-0.15, -0.1) is 0 Å². The Balaban J connectivity index is 1.86. The maximum atomic E-state index is 5.76. The molecule has 0 saturated carbocycles. The van der Waals surface area contributed by atoms with Crippen LogP contribution in [0.25, 0.3) is 0 Å². The summed E-state index contributed by atoms with van der Waals surface area (Å²) in [6.45, 7) is 4.17. The molecule has 1 aliphatic rings. The molecule has 2 heterocycles. The minimum Gasteiger partial charge on any atom is -0.463 e. The molecule has 1 saturated heterocycles. The van der Waals surface area contributed by atoms with Crippen LogP contribution < -0.4 is 5.32 Å². The monoisotopic (exact) mass is 240 g/mol. The highest BCUT2D eigenvalue weighted by Gasteiger charge is 2.11. The maximum Gasteiger partial charge on any atom is 0.118 e. The fourth-order valence-electron chi connectivity index (χ4n) is 1.95. The first-order valence-corrected chi connectivity index (χ1v) is 7.06. The molecule has 16 heavy (non-hydrogen) atoms. The Morgan fingerprint density at radius 2 is 2.19 bits per heavy atom. The van der Waals surface area contributed by atoms with Crippen molar-refractivity contribution in [1.82, 2.24) is 10.2 Å². The number of nitrogens with one attached hydrogen (secondary N) is 1. The van der Waals surface area contributed by atoms with Gasteiger partial charge in [-0.25, -0.2) is 0 Å². The Morgan fingerprint density at radius 3 is 3.06 bits per heavy atom. The number of hydrogen-bond donors (Lipinski definition) is 1. The molecule has 3 nitrogen and oxygen atoms in total. The minimum absolute atomic E-state index is 0.815. The topological polar surface area (TPSA) is 28.4 Å². The van der Waals surface area contributed by atoms with E-state index < -0.39 is 0 Å². The summed E-state index contributed by atoms with van der Waals surface area (Å²) in [7, 11) is 1.94. The fraction of sp³-hybridized carbons (Fsp3) is 0.667. The molecule has 0 aromatic carbocycles. The quantitative estimate of drug-likeness (QED) is 0.870. The van der Waals surface area contributed by atoms with Crippen LogP contribution in [0, 0.1) is 0 Å². The zero-order valence-electron chi connectivity index (χ0n) is 9.87. The minimum atomic E-state index is 0.815. The summed E-state index contributed by atoms with van der Waals surface area (Å²) in [5.41, 5.74) is 0. The highest BCUT2D eigenvalue weighted by Crippen LogP contribution is 2.15. The first-order chi connectivity index (χ1) is 7.88. The van der Waals surface area contributed by atoms with Crippen molar-refractivity contribution in [2.24, 2.45) is 0 Å². The smallest absolute Gasteiger partial charge is 0.118 e. The molecular weight excluding hydrogens is 220 g/mol. The van der Waals surface area contributed by atoms with E-state index in [9.17, 15) is 0 Å². The zero-order valence-corrected chi connectivity index (χ0v) is 10.7. The van der Waals surface area contributed by atoms with Crippen molar-refractivity contribution in [2.45, 2.75) is 19.5 Å². The molecule has 0 unspecified atom stereocenters. The molecule has 0 bridgehead atoms. The Bertz CT molecular complexity index is 306. The summed E-state index contributed by atoms with van der Waals surface area (Å²) in [5.74, 6) is 4.68. The number of rotatable bonds is 4. The number of hydrogen-bond acceptors (Lipinski definition) is 4.